The van der Waals surface area contributed by atoms with Crippen molar-refractivity contribution in [2.24, 2.45) is 5.92 Å². The largest absolute Gasteiger partial charge is 0.478 e. The lowest BCUT2D eigenvalue weighted by molar-refractivity contribution is 0.0693. The van der Waals surface area contributed by atoms with Crippen LogP contribution in [0.15, 0.2) is 4.42 Å². The van der Waals surface area contributed by atoms with Gasteiger partial charge in [-0.25, -0.2) is 4.79 Å². The lowest BCUT2D eigenvalue weighted by atomic mass is 10.0. The molecule has 0 unspecified atom stereocenters. The Labute approximate surface area is 127 Å². The predicted octanol–water partition coefficient (Wildman–Crippen LogP) is 3.75. The summed E-state index contributed by atoms with van der Waals surface area (Å²) in [7, 11) is 0. The van der Waals surface area contributed by atoms with Gasteiger partial charge in [0.15, 0.2) is 0 Å². The summed E-state index contributed by atoms with van der Waals surface area (Å²) < 4.78 is 5.70. The molecule has 0 aromatic carbocycles. The topological polar surface area (TPSA) is 53.7 Å². The lowest BCUT2D eigenvalue weighted by Gasteiger charge is -2.18. The number of hydrogen-bond acceptors (Lipinski definition) is 3. The summed E-state index contributed by atoms with van der Waals surface area (Å²) in [6.07, 6.45) is 0.782. The van der Waals surface area contributed by atoms with Gasteiger partial charge in [0.05, 0.1) is 0 Å². The first-order valence-electron chi connectivity index (χ1n) is 6.97. The fourth-order valence-electron chi connectivity index (χ4n) is 2.30. The first-order valence-corrected chi connectivity index (χ1v) is 6.97. The van der Waals surface area contributed by atoms with E-state index in [1.54, 1.807) is 6.92 Å². The SMILES string of the molecule is CCN(CC)Cc1c(CC(C)C)oc(C)c1C(=O)O.Cl. The first kappa shape index (κ1) is 19.0. The zero-order chi connectivity index (χ0) is 14.6. The van der Waals surface area contributed by atoms with Crippen LogP contribution in [-0.2, 0) is 13.0 Å². The molecule has 1 aromatic rings. The quantitative estimate of drug-likeness (QED) is 0.833. The van der Waals surface area contributed by atoms with E-state index in [1.165, 1.54) is 0 Å². The standard InChI is InChI=1S/C15H25NO3.ClH/c1-6-16(7-2)9-12-13(8-10(3)4)19-11(5)14(12)15(17)18;/h10H,6-9H2,1-5H3,(H,17,18);1H. The Balaban J connectivity index is 0.00000361. The summed E-state index contributed by atoms with van der Waals surface area (Å²) in [4.78, 5) is 13.6. The van der Waals surface area contributed by atoms with Gasteiger partial charge in [-0.15, -0.1) is 12.4 Å². The minimum atomic E-state index is -0.890. The van der Waals surface area contributed by atoms with Crippen LogP contribution in [0.1, 0.15) is 55.1 Å². The molecule has 0 spiro atoms. The maximum absolute atomic E-state index is 11.4. The average Bonchev–Trinajstić information content (AvgIpc) is 2.61. The Morgan fingerprint density at radius 3 is 2.25 bits per heavy atom. The zero-order valence-electron chi connectivity index (χ0n) is 13.0. The summed E-state index contributed by atoms with van der Waals surface area (Å²) in [6.45, 7) is 12.6. The van der Waals surface area contributed by atoms with E-state index in [9.17, 15) is 9.90 Å². The normalized spacial score (nSPS) is 10.9. The molecule has 0 amide bonds. The van der Waals surface area contributed by atoms with Gasteiger partial charge in [-0.2, -0.15) is 0 Å². The van der Waals surface area contributed by atoms with Crippen molar-refractivity contribution in [2.75, 3.05) is 13.1 Å². The highest BCUT2D eigenvalue weighted by Gasteiger charge is 2.24. The molecule has 0 bridgehead atoms. The number of carboxylic acids is 1. The second-order valence-electron chi connectivity index (χ2n) is 5.30. The number of halogens is 1. The molecule has 0 aliphatic rings. The Bertz CT molecular complexity index is 437. The van der Waals surface area contributed by atoms with Crippen molar-refractivity contribution in [2.45, 2.75) is 47.6 Å². The van der Waals surface area contributed by atoms with Crippen LogP contribution < -0.4 is 0 Å². The highest BCUT2D eigenvalue weighted by atomic mass is 35.5. The van der Waals surface area contributed by atoms with Gasteiger partial charge in [0.2, 0.25) is 0 Å². The molecule has 20 heavy (non-hydrogen) atoms. The molecule has 4 nitrogen and oxygen atoms in total. The molecule has 1 N–H and O–H groups in total. The van der Waals surface area contributed by atoms with Gasteiger partial charge in [-0.3, -0.25) is 4.90 Å². The van der Waals surface area contributed by atoms with Crippen LogP contribution >= 0.6 is 12.4 Å². The Hall–Kier alpha value is -1.00. The second kappa shape index (κ2) is 8.32. The fourth-order valence-corrected chi connectivity index (χ4v) is 2.30. The number of aromatic carboxylic acids is 1. The van der Waals surface area contributed by atoms with Crippen molar-refractivity contribution in [1.29, 1.82) is 0 Å². The number of aryl methyl sites for hydroxylation is 1. The number of carbonyl (C=O) groups is 1. The maximum atomic E-state index is 11.4. The Morgan fingerprint density at radius 1 is 1.30 bits per heavy atom. The number of furan rings is 1. The number of rotatable bonds is 7. The maximum Gasteiger partial charge on any atom is 0.339 e. The third-order valence-electron chi connectivity index (χ3n) is 3.35. The van der Waals surface area contributed by atoms with E-state index in [4.69, 9.17) is 4.42 Å². The van der Waals surface area contributed by atoms with Crippen LogP contribution in [0.4, 0.5) is 0 Å². The van der Waals surface area contributed by atoms with Crippen LogP contribution in [0.3, 0.4) is 0 Å². The van der Waals surface area contributed by atoms with Gasteiger partial charge in [0.25, 0.3) is 0 Å². The van der Waals surface area contributed by atoms with E-state index in [2.05, 4.69) is 32.6 Å². The summed E-state index contributed by atoms with van der Waals surface area (Å²) in [6, 6.07) is 0. The third-order valence-corrected chi connectivity index (χ3v) is 3.35. The molecule has 1 rings (SSSR count). The van der Waals surface area contributed by atoms with Crippen molar-refractivity contribution in [3.8, 4) is 0 Å². The molecule has 0 aliphatic carbocycles. The molecule has 1 aromatic heterocycles. The van der Waals surface area contributed by atoms with Crippen LogP contribution in [0.25, 0.3) is 0 Å². The molecule has 0 fully saturated rings. The van der Waals surface area contributed by atoms with Gasteiger partial charge in [0, 0.05) is 18.5 Å². The van der Waals surface area contributed by atoms with Gasteiger partial charge in [-0.1, -0.05) is 27.7 Å². The minimum absolute atomic E-state index is 0. The molecular weight excluding hydrogens is 278 g/mol. The van der Waals surface area contributed by atoms with Crippen LogP contribution in [-0.4, -0.2) is 29.1 Å². The third kappa shape index (κ3) is 4.53. The lowest BCUT2D eigenvalue weighted by Crippen LogP contribution is -2.24. The van der Waals surface area contributed by atoms with E-state index >= 15 is 0 Å². The molecule has 0 aliphatic heterocycles. The highest BCUT2D eigenvalue weighted by molar-refractivity contribution is 5.90. The monoisotopic (exact) mass is 303 g/mol. The molecule has 0 atom stereocenters. The number of hydrogen-bond donors (Lipinski definition) is 1. The molecule has 0 saturated carbocycles. The van der Waals surface area contributed by atoms with Crippen molar-refractivity contribution < 1.29 is 14.3 Å². The Kier molecular flexibility index (Phi) is 7.91. The van der Waals surface area contributed by atoms with E-state index in [-0.39, 0.29) is 12.4 Å². The zero-order valence-corrected chi connectivity index (χ0v) is 13.8. The molecular formula is C15H26ClNO3. The molecule has 0 saturated heterocycles. The van der Waals surface area contributed by atoms with Crippen LogP contribution in [0.5, 0.6) is 0 Å². The van der Waals surface area contributed by atoms with Crippen molar-refractivity contribution in [3.63, 3.8) is 0 Å². The highest BCUT2D eigenvalue weighted by Crippen LogP contribution is 2.26. The molecule has 5 heteroatoms. The van der Waals surface area contributed by atoms with Gasteiger partial charge >= 0.3 is 5.97 Å². The summed E-state index contributed by atoms with van der Waals surface area (Å²) in [5.74, 6) is 0.906. The first-order chi connectivity index (χ1) is 8.90. The van der Waals surface area contributed by atoms with E-state index in [1.807, 2.05) is 0 Å². The Morgan fingerprint density at radius 2 is 1.85 bits per heavy atom. The van der Waals surface area contributed by atoms with Crippen molar-refractivity contribution in [3.05, 3.63) is 22.6 Å². The minimum Gasteiger partial charge on any atom is -0.478 e. The van der Waals surface area contributed by atoms with E-state index < -0.39 is 5.97 Å². The average molecular weight is 304 g/mol. The smallest absolute Gasteiger partial charge is 0.339 e. The van der Waals surface area contributed by atoms with Gasteiger partial charge < -0.3 is 9.52 Å². The molecule has 1 heterocycles. The summed E-state index contributed by atoms with van der Waals surface area (Å²) in [5, 5.41) is 9.37. The van der Waals surface area contributed by atoms with Gasteiger partial charge in [-0.05, 0) is 25.9 Å². The summed E-state index contributed by atoms with van der Waals surface area (Å²) in [5.41, 5.74) is 1.20. The van der Waals surface area contributed by atoms with E-state index in [0.717, 1.165) is 30.8 Å². The molecule has 116 valence electrons. The van der Waals surface area contributed by atoms with Crippen molar-refractivity contribution in [1.82, 2.24) is 4.90 Å². The predicted molar refractivity (Wildman–Crippen MR) is 82.8 cm³/mol. The van der Waals surface area contributed by atoms with E-state index in [0.29, 0.717) is 23.8 Å². The van der Waals surface area contributed by atoms with Crippen molar-refractivity contribution >= 4 is 18.4 Å². The van der Waals surface area contributed by atoms with Gasteiger partial charge in [0.1, 0.15) is 17.1 Å². The summed E-state index contributed by atoms with van der Waals surface area (Å²) >= 11 is 0. The van der Waals surface area contributed by atoms with Crippen LogP contribution in [0, 0.1) is 12.8 Å². The van der Waals surface area contributed by atoms with Crippen LogP contribution in [0.2, 0.25) is 0 Å². The number of nitrogens with zero attached hydrogens (tertiary/aromatic N) is 1. The number of carboxylic acid groups (broad SMARTS) is 1. The molecule has 0 radical (unpaired) electrons. The fraction of sp³-hybridized carbons (Fsp3) is 0.667. The second-order valence-corrected chi connectivity index (χ2v) is 5.30.